The van der Waals surface area contributed by atoms with Gasteiger partial charge >= 0.3 is 6.18 Å². The SMILES string of the molecule is CCNc1cc(C(F)(F)F)cc(N2CCOCC2CO)n1. The third-order valence-corrected chi connectivity index (χ3v) is 3.23. The van der Waals surface area contributed by atoms with Crippen LogP contribution in [-0.4, -0.2) is 49.0 Å². The number of hydrogen-bond acceptors (Lipinski definition) is 5. The van der Waals surface area contributed by atoms with Crippen LogP contribution in [0, 0.1) is 0 Å². The number of aliphatic hydroxyl groups is 1. The molecule has 1 unspecified atom stereocenters. The lowest BCUT2D eigenvalue weighted by atomic mass is 10.2. The summed E-state index contributed by atoms with van der Waals surface area (Å²) in [5, 5.41) is 12.1. The molecule has 118 valence electrons. The highest BCUT2D eigenvalue weighted by Gasteiger charge is 2.33. The maximum Gasteiger partial charge on any atom is 0.416 e. The summed E-state index contributed by atoms with van der Waals surface area (Å²) in [6.45, 7) is 3.11. The normalized spacial score (nSPS) is 19.7. The van der Waals surface area contributed by atoms with Crippen LogP contribution < -0.4 is 10.2 Å². The molecular formula is C13H18F3N3O2. The number of nitrogens with one attached hydrogen (secondary N) is 1. The van der Waals surface area contributed by atoms with Crippen molar-refractivity contribution in [3.63, 3.8) is 0 Å². The van der Waals surface area contributed by atoms with E-state index in [9.17, 15) is 18.3 Å². The highest BCUT2D eigenvalue weighted by Crippen LogP contribution is 2.33. The molecule has 0 bridgehead atoms. The van der Waals surface area contributed by atoms with Crippen molar-refractivity contribution in [1.29, 1.82) is 0 Å². The Kier molecular flexibility index (Phi) is 4.89. The van der Waals surface area contributed by atoms with Gasteiger partial charge in [0, 0.05) is 13.1 Å². The van der Waals surface area contributed by atoms with Gasteiger partial charge in [-0.3, -0.25) is 0 Å². The quantitative estimate of drug-likeness (QED) is 0.887. The first kappa shape index (κ1) is 15.8. The molecule has 21 heavy (non-hydrogen) atoms. The Bertz CT molecular complexity index is 482. The number of pyridine rings is 1. The minimum Gasteiger partial charge on any atom is -0.394 e. The number of alkyl halides is 3. The first-order chi connectivity index (χ1) is 9.95. The lowest BCUT2D eigenvalue weighted by Gasteiger charge is -2.35. The van der Waals surface area contributed by atoms with Gasteiger partial charge in [0.1, 0.15) is 11.6 Å². The third kappa shape index (κ3) is 3.76. The molecule has 2 N–H and O–H groups in total. The summed E-state index contributed by atoms with van der Waals surface area (Å²) in [6, 6.07) is 1.61. The van der Waals surface area contributed by atoms with E-state index in [4.69, 9.17) is 4.74 Å². The van der Waals surface area contributed by atoms with Crippen molar-refractivity contribution < 1.29 is 23.0 Å². The number of rotatable bonds is 4. The minimum absolute atomic E-state index is 0.172. The van der Waals surface area contributed by atoms with E-state index in [2.05, 4.69) is 10.3 Å². The predicted octanol–water partition coefficient (Wildman–Crippen LogP) is 1.73. The molecule has 0 spiro atoms. The summed E-state index contributed by atoms with van der Waals surface area (Å²) in [4.78, 5) is 5.86. The summed E-state index contributed by atoms with van der Waals surface area (Å²) in [5.74, 6) is 0.369. The smallest absolute Gasteiger partial charge is 0.394 e. The fraction of sp³-hybridized carbons (Fsp3) is 0.615. The number of anilines is 2. The fourth-order valence-electron chi connectivity index (χ4n) is 2.21. The molecule has 0 aromatic carbocycles. The topological polar surface area (TPSA) is 57.6 Å². The van der Waals surface area contributed by atoms with Gasteiger partial charge in [0.05, 0.1) is 31.4 Å². The Hall–Kier alpha value is -1.54. The maximum atomic E-state index is 13.0. The molecule has 1 aliphatic rings. The van der Waals surface area contributed by atoms with Gasteiger partial charge in [0.2, 0.25) is 0 Å². The zero-order chi connectivity index (χ0) is 15.5. The molecule has 1 atom stereocenters. The number of hydrogen-bond donors (Lipinski definition) is 2. The van der Waals surface area contributed by atoms with Crippen LogP contribution >= 0.6 is 0 Å². The molecule has 1 aliphatic heterocycles. The van der Waals surface area contributed by atoms with Crippen LogP contribution in [-0.2, 0) is 10.9 Å². The molecule has 8 heteroatoms. The van der Waals surface area contributed by atoms with Gasteiger partial charge in [-0.25, -0.2) is 4.98 Å². The highest BCUT2D eigenvalue weighted by atomic mass is 19.4. The molecule has 1 fully saturated rings. The predicted molar refractivity (Wildman–Crippen MR) is 72.4 cm³/mol. The van der Waals surface area contributed by atoms with Gasteiger partial charge in [-0.1, -0.05) is 0 Å². The van der Waals surface area contributed by atoms with E-state index in [0.29, 0.717) is 19.7 Å². The van der Waals surface area contributed by atoms with Crippen LogP contribution in [0.3, 0.4) is 0 Å². The molecule has 0 saturated carbocycles. The van der Waals surface area contributed by atoms with Crippen molar-refractivity contribution in [2.24, 2.45) is 0 Å². The van der Waals surface area contributed by atoms with Crippen LogP contribution in [0.5, 0.6) is 0 Å². The Morgan fingerprint density at radius 2 is 2.24 bits per heavy atom. The molecule has 1 saturated heterocycles. The van der Waals surface area contributed by atoms with E-state index in [1.54, 1.807) is 11.8 Å². The van der Waals surface area contributed by atoms with Crippen LogP contribution in [0.25, 0.3) is 0 Å². The van der Waals surface area contributed by atoms with E-state index < -0.39 is 11.7 Å². The summed E-state index contributed by atoms with van der Waals surface area (Å²) in [7, 11) is 0. The van der Waals surface area contributed by atoms with E-state index in [1.807, 2.05) is 0 Å². The largest absolute Gasteiger partial charge is 0.416 e. The molecule has 1 aromatic rings. The first-order valence-corrected chi connectivity index (χ1v) is 6.74. The van der Waals surface area contributed by atoms with Gasteiger partial charge in [0.15, 0.2) is 0 Å². The average molecular weight is 305 g/mol. The zero-order valence-electron chi connectivity index (χ0n) is 11.7. The Morgan fingerprint density at radius 1 is 1.48 bits per heavy atom. The van der Waals surface area contributed by atoms with Gasteiger partial charge in [-0.2, -0.15) is 13.2 Å². The fourth-order valence-corrected chi connectivity index (χ4v) is 2.21. The van der Waals surface area contributed by atoms with E-state index >= 15 is 0 Å². The van der Waals surface area contributed by atoms with Crippen molar-refractivity contribution in [3.8, 4) is 0 Å². The van der Waals surface area contributed by atoms with E-state index in [-0.39, 0.29) is 30.9 Å². The van der Waals surface area contributed by atoms with Crippen molar-refractivity contribution in [1.82, 2.24) is 4.98 Å². The monoisotopic (exact) mass is 305 g/mol. The Morgan fingerprint density at radius 3 is 2.86 bits per heavy atom. The second kappa shape index (κ2) is 6.48. The van der Waals surface area contributed by atoms with Gasteiger partial charge in [-0.15, -0.1) is 0 Å². The van der Waals surface area contributed by atoms with Crippen LogP contribution in [0.4, 0.5) is 24.8 Å². The molecule has 0 amide bonds. The van der Waals surface area contributed by atoms with Crippen molar-refractivity contribution in [3.05, 3.63) is 17.7 Å². The summed E-state index contributed by atoms with van der Waals surface area (Å²) in [5.41, 5.74) is -0.758. The lowest BCUT2D eigenvalue weighted by molar-refractivity contribution is -0.137. The van der Waals surface area contributed by atoms with Crippen LogP contribution in [0.2, 0.25) is 0 Å². The average Bonchev–Trinajstić information content (AvgIpc) is 2.46. The molecule has 5 nitrogen and oxygen atoms in total. The number of nitrogens with zero attached hydrogens (tertiary/aromatic N) is 2. The summed E-state index contributed by atoms with van der Waals surface area (Å²) >= 11 is 0. The first-order valence-electron chi connectivity index (χ1n) is 6.74. The molecule has 0 radical (unpaired) electrons. The molecule has 2 heterocycles. The van der Waals surface area contributed by atoms with E-state index in [0.717, 1.165) is 12.1 Å². The maximum absolute atomic E-state index is 13.0. The molecule has 0 aliphatic carbocycles. The van der Waals surface area contributed by atoms with E-state index in [1.165, 1.54) is 0 Å². The van der Waals surface area contributed by atoms with Gasteiger partial charge in [0.25, 0.3) is 0 Å². The minimum atomic E-state index is -4.44. The summed E-state index contributed by atoms with van der Waals surface area (Å²) in [6.07, 6.45) is -4.44. The summed E-state index contributed by atoms with van der Waals surface area (Å²) < 4.78 is 44.2. The van der Waals surface area contributed by atoms with Crippen LogP contribution in [0.1, 0.15) is 12.5 Å². The number of aromatic nitrogens is 1. The number of aliphatic hydroxyl groups excluding tert-OH is 1. The van der Waals surface area contributed by atoms with Gasteiger partial charge < -0.3 is 20.1 Å². The molecule has 2 rings (SSSR count). The zero-order valence-corrected chi connectivity index (χ0v) is 11.7. The second-order valence-corrected chi connectivity index (χ2v) is 4.73. The van der Waals surface area contributed by atoms with Crippen molar-refractivity contribution in [2.75, 3.05) is 43.1 Å². The Balaban J connectivity index is 2.38. The second-order valence-electron chi connectivity index (χ2n) is 4.73. The Labute approximate surface area is 120 Å². The highest BCUT2D eigenvalue weighted by molar-refractivity contribution is 5.52. The molecule has 1 aromatic heterocycles. The standard InChI is InChI=1S/C13H18F3N3O2/c1-2-17-11-5-9(13(14,15)16)6-12(18-11)19-3-4-21-8-10(19)7-20/h5-6,10,20H,2-4,7-8H2,1H3,(H,17,18). The number of morpholine rings is 1. The lowest BCUT2D eigenvalue weighted by Crippen LogP contribution is -2.48. The number of ether oxygens (including phenoxy) is 1. The van der Waals surface area contributed by atoms with Crippen molar-refractivity contribution >= 4 is 11.6 Å². The van der Waals surface area contributed by atoms with Gasteiger partial charge in [-0.05, 0) is 19.1 Å². The van der Waals surface area contributed by atoms with Crippen LogP contribution in [0.15, 0.2) is 12.1 Å². The third-order valence-electron chi connectivity index (χ3n) is 3.23. The number of halogens is 3. The van der Waals surface area contributed by atoms with Crippen molar-refractivity contribution in [2.45, 2.75) is 19.1 Å². The molecular weight excluding hydrogens is 287 g/mol.